The summed E-state index contributed by atoms with van der Waals surface area (Å²) < 4.78 is 5.93. The van der Waals surface area contributed by atoms with Gasteiger partial charge in [0, 0.05) is 22.3 Å². The maximum Gasteiger partial charge on any atom is 0.142 e. The minimum atomic E-state index is -0.585. The molecule has 5 heteroatoms. The Morgan fingerprint density at radius 1 is 1.30 bits per heavy atom. The molecule has 0 spiro atoms. The highest BCUT2D eigenvalue weighted by molar-refractivity contribution is 6.30. The first-order chi connectivity index (χ1) is 9.02. The van der Waals surface area contributed by atoms with Gasteiger partial charge in [-0.2, -0.15) is 0 Å². The Balaban J connectivity index is 0.00000147. The molecule has 1 N–H and O–H groups in total. The Morgan fingerprint density at radius 3 is 2.60 bits per heavy atom. The van der Waals surface area contributed by atoms with Crippen molar-refractivity contribution in [2.24, 2.45) is 0 Å². The number of nitrogens with zero attached hydrogens (tertiary/aromatic N) is 1. The second kappa shape index (κ2) is 5.24. The van der Waals surface area contributed by atoms with Gasteiger partial charge in [-0.1, -0.05) is 23.7 Å². The Labute approximate surface area is 129 Å². The summed E-state index contributed by atoms with van der Waals surface area (Å²) in [7, 11) is 0. The number of rotatable bonds is 1. The van der Waals surface area contributed by atoms with Gasteiger partial charge in [0.15, 0.2) is 0 Å². The Morgan fingerprint density at radius 2 is 1.95 bits per heavy atom. The van der Waals surface area contributed by atoms with Crippen LogP contribution in [0.1, 0.15) is 29.3 Å². The number of halogens is 2. The molecule has 0 fully saturated rings. The van der Waals surface area contributed by atoms with Crippen molar-refractivity contribution in [2.75, 3.05) is 0 Å². The van der Waals surface area contributed by atoms with E-state index in [0.29, 0.717) is 17.3 Å². The third kappa shape index (κ3) is 2.16. The topological polar surface area (TPSA) is 42.4 Å². The molecule has 3 nitrogen and oxygen atoms in total. The van der Waals surface area contributed by atoms with E-state index in [2.05, 4.69) is 4.98 Å². The zero-order chi connectivity index (χ0) is 13.6. The van der Waals surface area contributed by atoms with E-state index in [-0.39, 0.29) is 18.2 Å². The van der Waals surface area contributed by atoms with E-state index in [1.165, 1.54) is 0 Å². The van der Waals surface area contributed by atoms with Gasteiger partial charge in [0.05, 0.1) is 12.3 Å². The molecule has 20 heavy (non-hydrogen) atoms. The summed E-state index contributed by atoms with van der Waals surface area (Å²) in [6, 6.07) is 7.55. The van der Waals surface area contributed by atoms with Gasteiger partial charge in [-0.25, -0.2) is 0 Å². The summed E-state index contributed by atoms with van der Waals surface area (Å²) in [6.07, 6.45) is 1.78. The molecule has 1 atom stereocenters. The van der Waals surface area contributed by atoms with Crippen molar-refractivity contribution in [2.45, 2.75) is 26.1 Å². The number of fused-ring (bicyclic) bond motifs is 1. The summed E-state index contributed by atoms with van der Waals surface area (Å²) in [5.74, 6) is 0.232. The quantitative estimate of drug-likeness (QED) is 0.866. The lowest BCUT2D eigenvalue weighted by molar-refractivity contribution is 0.00934. The molecule has 3 rings (SSSR count). The van der Waals surface area contributed by atoms with Gasteiger partial charge in [0.1, 0.15) is 11.4 Å². The summed E-state index contributed by atoms with van der Waals surface area (Å²) in [4.78, 5) is 4.23. The SMILES string of the molecule is Cc1ncc2c(c1O)COC2(C)c1ccc(Cl)cc1.Cl. The molecule has 0 aliphatic carbocycles. The van der Waals surface area contributed by atoms with Crippen LogP contribution in [0.3, 0.4) is 0 Å². The Kier molecular flexibility index (Phi) is 3.96. The van der Waals surface area contributed by atoms with Gasteiger partial charge in [0.2, 0.25) is 0 Å². The number of hydrogen-bond donors (Lipinski definition) is 1. The molecule has 2 heterocycles. The summed E-state index contributed by atoms with van der Waals surface area (Å²) in [6.45, 7) is 4.16. The van der Waals surface area contributed by atoms with Crippen LogP contribution < -0.4 is 0 Å². The van der Waals surface area contributed by atoms with E-state index in [1.807, 2.05) is 31.2 Å². The lowest BCUT2D eigenvalue weighted by Gasteiger charge is -2.25. The molecule has 106 valence electrons. The van der Waals surface area contributed by atoms with Gasteiger partial charge < -0.3 is 9.84 Å². The molecule has 1 aromatic carbocycles. The van der Waals surface area contributed by atoms with Crippen LogP contribution in [0.5, 0.6) is 5.75 Å². The van der Waals surface area contributed by atoms with Crippen molar-refractivity contribution in [1.82, 2.24) is 4.98 Å². The van der Waals surface area contributed by atoms with Gasteiger partial charge in [-0.05, 0) is 31.5 Å². The van der Waals surface area contributed by atoms with Gasteiger partial charge in [0.25, 0.3) is 0 Å². The van der Waals surface area contributed by atoms with Crippen LogP contribution in [0.4, 0.5) is 0 Å². The fraction of sp³-hybridized carbons (Fsp3) is 0.267. The van der Waals surface area contributed by atoms with Crippen LogP contribution in [0.2, 0.25) is 5.02 Å². The predicted molar refractivity (Wildman–Crippen MR) is 80.6 cm³/mol. The zero-order valence-corrected chi connectivity index (χ0v) is 12.8. The molecule has 0 saturated heterocycles. The minimum absolute atomic E-state index is 0. The molecule has 0 saturated carbocycles. The average Bonchev–Trinajstić information content (AvgIpc) is 2.74. The summed E-state index contributed by atoms with van der Waals surface area (Å²) in [5, 5.41) is 10.8. The average molecular weight is 312 g/mol. The number of aryl methyl sites for hydroxylation is 1. The lowest BCUT2D eigenvalue weighted by atomic mass is 9.88. The van der Waals surface area contributed by atoms with Crippen LogP contribution in [0.15, 0.2) is 30.5 Å². The fourth-order valence-corrected chi connectivity index (χ4v) is 2.63. The van der Waals surface area contributed by atoms with Crippen LogP contribution in [0, 0.1) is 6.92 Å². The second-order valence-electron chi connectivity index (χ2n) is 4.91. The van der Waals surface area contributed by atoms with Crippen LogP contribution in [-0.4, -0.2) is 10.1 Å². The number of hydrogen-bond acceptors (Lipinski definition) is 3. The Bertz CT molecular complexity index is 643. The van der Waals surface area contributed by atoms with Crippen molar-refractivity contribution in [1.29, 1.82) is 0 Å². The van der Waals surface area contributed by atoms with Crippen molar-refractivity contribution >= 4 is 24.0 Å². The van der Waals surface area contributed by atoms with E-state index in [9.17, 15) is 5.11 Å². The highest BCUT2D eigenvalue weighted by Crippen LogP contribution is 2.44. The van der Waals surface area contributed by atoms with Crippen LogP contribution >= 0.6 is 24.0 Å². The highest BCUT2D eigenvalue weighted by Gasteiger charge is 2.39. The third-order valence-electron chi connectivity index (χ3n) is 3.76. The van der Waals surface area contributed by atoms with Gasteiger partial charge >= 0.3 is 0 Å². The molecule has 0 radical (unpaired) electrons. The fourth-order valence-electron chi connectivity index (χ4n) is 2.50. The monoisotopic (exact) mass is 311 g/mol. The first-order valence-electron chi connectivity index (χ1n) is 6.10. The molecule has 0 bridgehead atoms. The van der Waals surface area contributed by atoms with Crippen molar-refractivity contribution in [3.05, 3.63) is 57.9 Å². The molecule has 1 aromatic heterocycles. The van der Waals surface area contributed by atoms with Gasteiger partial charge in [-0.3, -0.25) is 4.98 Å². The smallest absolute Gasteiger partial charge is 0.142 e. The number of aromatic hydroxyl groups is 1. The Hall–Kier alpha value is -1.29. The van der Waals surface area contributed by atoms with Gasteiger partial charge in [-0.15, -0.1) is 12.4 Å². The number of ether oxygens (including phenoxy) is 1. The maximum absolute atomic E-state index is 10.1. The van der Waals surface area contributed by atoms with Crippen LogP contribution in [-0.2, 0) is 16.9 Å². The molecule has 0 amide bonds. The van der Waals surface area contributed by atoms with E-state index in [4.69, 9.17) is 16.3 Å². The standard InChI is InChI=1S/C15H14ClNO2.ClH/c1-9-14(18)12-8-19-15(2,13(12)7-17-9)10-3-5-11(16)6-4-10;/h3-7,18H,8H2,1-2H3;1H. The highest BCUT2D eigenvalue weighted by atomic mass is 35.5. The first-order valence-corrected chi connectivity index (χ1v) is 6.48. The number of pyridine rings is 1. The van der Waals surface area contributed by atoms with Crippen LogP contribution in [0.25, 0.3) is 0 Å². The maximum atomic E-state index is 10.1. The van der Waals surface area contributed by atoms with E-state index < -0.39 is 5.60 Å². The predicted octanol–water partition coefficient (Wildman–Crippen LogP) is 3.96. The zero-order valence-electron chi connectivity index (χ0n) is 11.2. The van der Waals surface area contributed by atoms with E-state index >= 15 is 0 Å². The first kappa shape index (κ1) is 15.1. The summed E-state index contributed by atoms with van der Waals surface area (Å²) >= 11 is 5.92. The normalized spacial score (nSPS) is 20.4. The molecule has 1 aliphatic heterocycles. The molecule has 1 aliphatic rings. The molecule has 2 aromatic rings. The van der Waals surface area contributed by atoms with E-state index in [0.717, 1.165) is 16.7 Å². The largest absolute Gasteiger partial charge is 0.506 e. The second-order valence-corrected chi connectivity index (χ2v) is 5.35. The molecular formula is C15H15Cl2NO2. The minimum Gasteiger partial charge on any atom is -0.506 e. The van der Waals surface area contributed by atoms with Crippen molar-refractivity contribution in [3.63, 3.8) is 0 Å². The van der Waals surface area contributed by atoms with E-state index in [1.54, 1.807) is 13.1 Å². The number of aromatic nitrogens is 1. The third-order valence-corrected chi connectivity index (χ3v) is 4.01. The van der Waals surface area contributed by atoms with Crippen molar-refractivity contribution < 1.29 is 9.84 Å². The summed E-state index contributed by atoms with van der Waals surface area (Å²) in [5.41, 5.74) is 2.78. The number of benzene rings is 1. The molecular weight excluding hydrogens is 297 g/mol. The molecule has 1 unspecified atom stereocenters. The van der Waals surface area contributed by atoms with Crippen molar-refractivity contribution in [3.8, 4) is 5.75 Å². The lowest BCUT2D eigenvalue weighted by Crippen LogP contribution is -2.22.